The normalized spacial score (nSPS) is 19.2. The zero-order valence-corrected chi connectivity index (χ0v) is 16.7. The van der Waals surface area contributed by atoms with Crippen LogP contribution in [0.3, 0.4) is 0 Å². The quantitative estimate of drug-likeness (QED) is 0.803. The molecule has 0 saturated carbocycles. The molecule has 2 aromatic rings. The van der Waals surface area contributed by atoms with Crippen molar-refractivity contribution in [3.8, 4) is 5.75 Å². The third-order valence-electron chi connectivity index (χ3n) is 4.65. The average Bonchev–Trinajstić information content (AvgIpc) is 2.59. The molecule has 0 fully saturated rings. The van der Waals surface area contributed by atoms with Gasteiger partial charge >= 0.3 is 0 Å². The van der Waals surface area contributed by atoms with E-state index in [1.165, 1.54) is 11.1 Å². The number of fused-ring (bicyclic) bond motifs is 1. The maximum atomic E-state index is 12.7. The van der Waals surface area contributed by atoms with Crippen LogP contribution in [0.15, 0.2) is 48.5 Å². The monoisotopic (exact) mass is 369 g/mol. The molecule has 0 aromatic heterocycles. The van der Waals surface area contributed by atoms with Gasteiger partial charge in [-0.25, -0.2) is 0 Å². The predicted molar refractivity (Wildman–Crippen MR) is 109 cm³/mol. The van der Waals surface area contributed by atoms with Crippen LogP contribution in [-0.2, 0) is 10.5 Å². The Balaban J connectivity index is 1.66. The fourth-order valence-electron chi connectivity index (χ4n) is 3.25. The standard InChI is InChI=1S/C22H27NO2S/c1-15-10-11-18-19(13-22(3,4)25-20(18)12-15)23-21(24)16(2)26-14-17-8-6-5-7-9-17/h5-12,16,19H,13-14H2,1-4H3,(H,23,24). The number of carbonyl (C=O) groups excluding carboxylic acids is 1. The first-order chi connectivity index (χ1) is 12.3. The van der Waals surface area contributed by atoms with Crippen LogP contribution in [0.4, 0.5) is 0 Å². The van der Waals surface area contributed by atoms with Gasteiger partial charge in [0.2, 0.25) is 5.91 Å². The number of ether oxygens (including phenoxy) is 1. The zero-order chi connectivity index (χ0) is 18.7. The molecule has 3 rings (SSSR count). The maximum absolute atomic E-state index is 12.7. The van der Waals surface area contributed by atoms with Gasteiger partial charge in [-0.05, 0) is 44.9 Å². The first kappa shape index (κ1) is 18.8. The molecule has 1 amide bonds. The van der Waals surface area contributed by atoms with E-state index in [1.54, 1.807) is 11.8 Å². The van der Waals surface area contributed by atoms with Crippen molar-refractivity contribution < 1.29 is 9.53 Å². The molecule has 0 bridgehead atoms. The summed E-state index contributed by atoms with van der Waals surface area (Å²) in [4.78, 5) is 12.7. The van der Waals surface area contributed by atoms with E-state index in [-0.39, 0.29) is 22.8 Å². The van der Waals surface area contributed by atoms with E-state index in [9.17, 15) is 4.79 Å². The summed E-state index contributed by atoms with van der Waals surface area (Å²) in [6.45, 7) is 8.18. The van der Waals surface area contributed by atoms with E-state index in [4.69, 9.17) is 4.74 Å². The van der Waals surface area contributed by atoms with Gasteiger partial charge in [-0.3, -0.25) is 4.79 Å². The topological polar surface area (TPSA) is 38.3 Å². The van der Waals surface area contributed by atoms with Crippen molar-refractivity contribution in [2.24, 2.45) is 0 Å². The van der Waals surface area contributed by atoms with Gasteiger partial charge in [-0.1, -0.05) is 42.5 Å². The summed E-state index contributed by atoms with van der Waals surface area (Å²) in [6, 6.07) is 16.5. The molecule has 0 saturated heterocycles. The van der Waals surface area contributed by atoms with Gasteiger partial charge in [0.25, 0.3) is 0 Å². The molecule has 3 nitrogen and oxygen atoms in total. The molecule has 0 radical (unpaired) electrons. The molecule has 26 heavy (non-hydrogen) atoms. The van der Waals surface area contributed by atoms with Gasteiger partial charge in [0.15, 0.2) is 0 Å². The third-order valence-corrected chi connectivity index (χ3v) is 5.87. The van der Waals surface area contributed by atoms with Crippen LogP contribution < -0.4 is 10.1 Å². The van der Waals surface area contributed by atoms with Crippen LogP contribution in [0, 0.1) is 6.92 Å². The number of rotatable bonds is 5. The minimum absolute atomic E-state index is 0.0124. The van der Waals surface area contributed by atoms with Crippen LogP contribution in [0.25, 0.3) is 0 Å². The van der Waals surface area contributed by atoms with Gasteiger partial charge in [0, 0.05) is 17.7 Å². The van der Waals surface area contributed by atoms with Crippen LogP contribution in [-0.4, -0.2) is 16.8 Å². The summed E-state index contributed by atoms with van der Waals surface area (Å²) in [5, 5.41) is 3.14. The molecule has 1 aliphatic rings. The fraction of sp³-hybridized carbons (Fsp3) is 0.409. The molecule has 4 heteroatoms. The zero-order valence-electron chi connectivity index (χ0n) is 15.9. The summed E-state index contributed by atoms with van der Waals surface area (Å²) in [5.41, 5.74) is 3.19. The highest BCUT2D eigenvalue weighted by molar-refractivity contribution is 7.99. The Hall–Kier alpha value is -1.94. The van der Waals surface area contributed by atoms with Crippen molar-refractivity contribution in [1.29, 1.82) is 0 Å². The Kier molecular flexibility index (Phi) is 5.61. The SMILES string of the molecule is Cc1ccc2c(c1)OC(C)(C)CC2NC(=O)C(C)SCc1ccccc1. The van der Waals surface area contributed by atoms with Crippen molar-refractivity contribution in [3.63, 3.8) is 0 Å². The maximum Gasteiger partial charge on any atom is 0.233 e. The van der Waals surface area contributed by atoms with Crippen molar-refractivity contribution in [3.05, 3.63) is 65.2 Å². The van der Waals surface area contributed by atoms with E-state index in [0.717, 1.165) is 23.5 Å². The molecule has 138 valence electrons. The smallest absolute Gasteiger partial charge is 0.233 e. The molecule has 1 N–H and O–H groups in total. The molecule has 1 aliphatic heterocycles. The highest BCUT2D eigenvalue weighted by atomic mass is 32.2. The first-order valence-electron chi connectivity index (χ1n) is 9.09. The van der Waals surface area contributed by atoms with Crippen molar-refractivity contribution >= 4 is 17.7 Å². The molecule has 2 unspecified atom stereocenters. The Morgan fingerprint density at radius 1 is 1.27 bits per heavy atom. The number of hydrogen-bond donors (Lipinski definition) is 1. The lowest BCUT2D eigenvalue weighted by Crippen LogP contribution is -2.43. The van der Waals surface area contributed by atoms with Gasteiger partial charge in [-0.15, -0.1) is 11.8 Å². The summed E-state index contributed by atoms with van der Waals surface area (Å²) in [5.74, 6) is 1.81. The van der Waals surface area contributed by atoms with Crippen LogP contribution in [0.2, 0.25) is 0 Å². The average molecular weight is 370 g/mol. The summed E-state index contributed by atoms with van der Waals surface area (Å²) in [6.07, 6.45) is 0.769. The molecule has 1 heterocycles. The third kappa shape index (κ3) is 4.61. The molecular formula is C22H27NO2S. The lowest BCUT2D eigenvalue weighted by atomic mass is 9.89. The van der Waals surface area contributed by atoms with Gasteiger partial charge in [0.05, 0.1) is 11.3 Å². The van der Waals surface area contributed by atoms with E-state index >= 15 is 0 Å². The van der Waals surface area contributed by atoms with Crippen LogP contribution in [0.1, 0.15) is 49.9 Å². The van der Waals surface area contributed by atoms with Gasteiger partial charge in [-0.2, -0.15) is 0 Å². The predicted octanol–water partition coefficient (Wildman–Crippen LogP) is 5.04. The number of carbonyl (C=O) groups is 1. The number of nitrogens with one attached hydrogen (secondary N) is 1. The Morgan fingerprint density at radius 3 is 2.73 bits per heavy atom. The van der Waals surface area contributed by atoms with E-state index in [2.05, 4.69) is 56.4 Å². The molecule has 0 aliphatic carbocycles. The summed E-state index contributed by atoms with van der Waals surface area (Å²) < 4.78 is 6.12. The van der Waals surface area contributed by atoms with Crippen LogP contribution in [0.5, 0.6) is 5.75 Å². The number of thioether (sulfide) groups is 1. The van der Waals surface area contributed by atoms with E-state index in [1.807, 2.05) is 25.1 Å². The lowest BCUT2D eigenvalue weighted by Gasteiger charge is -2.38. The van der Waals surface area contributed by atoms with Crippen molar-refractivity contribution in [2.75, 3.05) is 0 Å². The van der Waals surface area contributed by atoms with Crippen molar-refractivity contribution in [1.82, 2.24) is 5.32 Å². The summed E-state index contributed by atoms with van der Waals surface area (Å²) >= 11 is 1.67. The molecule has 2 aromatic carbocycles. The fourth-order valence-corrected chi connectivity index (χ4v) is 4.10. The molecular weight excluding hydrogens is 342 g/mol. The number of hydrogen-bond acceptors (Lipinski definition) is 3. The number of amides is 1. The molecule has 2 atom stereocenters. The Labute approximate surface area is 160 Å². The van der Waals surface area contributed by atoms with Gasteiger partial charge < -0.3 is 10.1 Å². The van der Waals surface area contributed by atoms with E-state index < -0.39 is 0 Å². The molecule has 0 spiro atoms. The highest BCUT2D eigenvalue weighted by Gasteiger charge is 2.35. The number of benzene rings is 2. The second kappa shape index (κ2) is 7.75. The number of aryl methyl sites for hydroxylation is 1. The summed E-state index contributed by atoms with van der Waals surface area (Å²) in [7, 11) is 0. The van der Waals surface area contributed by atoms with E-state index in [0.29, 0.717) is 0 Å². The lowest BCUT2D eigenvalue weighted by molar-refractivity contribution is -0.121. The Bertz CT molecular complexity index is 773. The van der Waals surface area contributed by atoms with Crippen LogP contribution >= 0.6 is 11.8 Å². The second-order valence-electron chi connectivity index (χ2n) is 7.61. The largest absolute Gasteiger partial charge is 0.487 e. The van der Waals surface area contributed by atoms with Crippen molar-refractivity contribution in [2.45, 2.75) is 56.8 Å². The minimum atomic E-state index is -0.293. The first-order valence-corrected chi connectivity index (χ1v) is 10.1. The van der Waals surface area contributed by atoms with Gasteiger partial charge in [0.1, 0.15) is 11.4 Å². The minimum Gasteiger partial charge on any atom is -0.487 e. The Morgan fingerprint density at radius 2 is 2.00 bits per heavy atom. The highest BCUT2D eigenvalue weighted by Crippen LogP contribution is 2.40. The second-order valence-corrected chi connectivity index (χ2v) is 8.94.